The number of nitrogens with zero attached hydrogens (tertiary/aromatic N) is 4. The van der Waals surface area contributed by atoms with Crippen molar-refractivity contribution in [1.82, 2.24) is 14.8 Å². The van der Waals surface area contributed by atoms with Crippen molar-refractivity contribution >= 4 is 11.5 Å². The number of hydrogen-bond acceptors (Lipinski definition) is 4. The van der Waals surface area contributed by atoms with E-state index >= 15 is 0 Å². The van der Waals surface area contributed by atoms with Crippen molar-refractivity contribution < 1.29 is 0 Å². The summed E-state index contributed by atoms with van der Waals surface area (Å²) in [7, 11) is 0. The first-order valence-electron chi connectivity index (χ1n) is 9.78. The molecule has 0 unspecified atom stereocenters. The van der Waals surface area contributed by atoms with Crippen LogP contribution in [0.15, 0.2) is 60.0 Å². The van der Waals surface area contributed by atoms with Crippen molar-refractivity contribution in [1.29, 1.82) is 0 Å². The van der Waals surface area contributed by atoms with Gasteiger partial charge in [0.15, 0.2) is 0 Å². The highest BCUT2D eigenvalue weighted by molar-refractivity contribution is 6.18. The Morgan fingerprint density at radius 3 is 2.78 bits per heavy atom. The normalized spacial score (nSPS) is 16.8. The van der Waals surface area contributed by atoms with Crippen LogP contribution in [0.25, 0.3) is 5.69 Å². The molecular weight excluding hydrogens is 334 g/mol. The first-order valence-corrected chi connectivity index (χ1v) is 9.78. The van der Waals surface area contributed by atoms with Gasteiger partial charge in [0, 0.05) is 35.8 Å². The van der Waals surface area contributed by atoms with E-state index in [4.69, 9.17) is 4.99 Å². The second-order valence-corrected chi connectivity index (χ2v) is 7.34. The van der Waals surface area contributed by atoms with E-state index in [1.807, 2.05) is 23.1 Å². The highest BCUT2D eigenvalue weighted by Gasteiger charge is 2.24. The molecule has 2 aliphatic rings. The molecule has 1 saturated carbocycles. The SMILES string of the molecule is c1cc(C2=NCc3ccnc(NC4CCCCC4)c32)cc(-n2cccn2)c1. The summed E-state index contributed by atoms with van der Waals surface area (Å²) < 4.78 is 1.88. The third kappa shape index (κ3) is 3.14. The molecule has 2 aromatic heterocycles. The van der Waals surface area contributed by atoms with E-state index in [9.17, 15) is 0 Å². The summed E-state index contributed by atoms with van der Waals surface area (Å²) in [6.07, 6.45) is 12.1. The Bertz CT molecular complexity index is 968. The predicted octanol–water partition coefficient (Wildman–Crippen LogP) is 4.36. The van der Waals surface area contributed by atoms with Crippen molar-refractivity contribution in [2.75, 3.05) is 5.32 Å². The minimum absolute atomic E-state index is 0.523. The second-order valence-electron chi connectivity index (χ2n) is 7.34. The van der Waals surface area contributed by atoms with Gasteiger partial charge in [-0.2, -0.15) is 5.10 Å². The lowest BCUT2D eigenvalue weighted by molar-refractivity contribution is 0.462. The molecular formula is C22H23N5. The highest BCUT2D eigenvalue weighted by Crippen LogP contribution is 2.30. The van der Waals surface area contributed by atoms with Crippen LogP contribution in [0.1, 0.15) is 48.8 Å². The van der Waals surface area contributed by atoms with E-state index in [1.54, 1.807) is 6.20 Å². The standard InChI is InChI=1S/C22H23N5/c1-2-7-18(8-3-1)26-22-20-17(10-12-23-22)15-24-21(20)16-6-4-9-19(14-16)27-13-5-11-25-27/h4-6,9-14,18H,1-3,7-8,15H2,(H,23,26). The van der Waals surface area contributed by atoms with Gasteiger partial charge < -0.3 is 5.32 Å². The third-order valence-electron chi connectivity index (χ3n) is 5.52. The Kier molecular flexibility index (Phi) is 4.20. The molecule has 0 bridgehead atoms. The predicted molar refractivity (Wildman–Crippen MR) is 108 cm³/mol. The van der Waals surface area contributed by atoms with Gasteiger partial charge in [-0.25, -0.2) is 9.67 Å². The molecule has 1 fully saturated rings. The Labute approximate surface area is 159 Å². The van der Waals surface area contributed by atoms with Crippen molar-refractivity contribution in [2.24, 2.45) is 4.99 Å². The zero-order valence-corrected chi connectivity index (χ0v) is 15.3. The number of anilines is 1. The van der Waals surface area contributed by atoms with Crippen LogP contribution in [0.2, 0.25) is 0 Å². The molecule has 3 heterocycles. The van der Waals surface area contributed by atoms with Gasteiger partial charge in [-0.1, -0.05) is 31.4 Å². The minimum atomic E-state index is 0.523. The van der Waals surface area contributed by atoms with E-state index in [0.717, 1.165) is 29.3 Å². The topological polar surface area (TPSA) is 55.1 Å². The summed E-state index contributed by atoms with van der Waals surface area (Å²) in [5.41, 5.74) is 5.61. The number of hydrogen-bond donors (Lipinski definition) is 1. The average molecular weight is 357 g/mol. The number of pyridine rings is 1. The maximum Gasteiger partial charge on any atom is 0.135 e. The van der Waals surface area contributed by atoms with Crippen LogP contribution in [-0.4, -0.2) is 26.5 Å². The van der Waals surface area contributed by atoms with Gasteiger partial charge in [-0.15, -0.1) is 0 Å². The Morgan fingerprint density at radius 1 is 1.00 bits per heavy atom. The molecule has 0 spiro atoms. The van der Waals surface area contributed by atoms with Crippen molar-refractivity contribution in [3.63, 3.8) is 0 Å². The Balaban J connectivity index is 1.50. The molecule has 3 aromatic rings. The number of aromatic nitrogens is 3. The summed E-state index contributed by atoms with van der Waals surface area (Å²) in [5, 5.41) is 8.06. The first kappa shape index (κ1) is 16.2. The van der Waals surface area contributed by atoms with E-state index in [0.29, 0.717) is 6.04 Å². The maximum absolute atomic E-state index is 4.86. The summed E-state index contributed by atoms with van der Waals surface area (Å²) in [4.78, 5) is 9.54. The number of benzene rings is 1. The summed E-state index contributed by atoms with van der Waals surface area (Å²) in [6, 6.07) is 13.0. The van der Waals surface area contributed by atoms with E-state index in [-0.39, 0.29) is 0 Å². The number of rotatable bonds is 4. The largest absolute Gasteiger partial charge is 0.367 e. The van der Waals surface area contributed by atoms with Gasteiger partial charge in [-0.05, 0) is 42.7 Å². The molecule has 136 valence electrons. The lowest BCUT2D eigenvalue weighted by Gasteiger charge is -2.24. The Hall–Kier alpha value is -2.95. The van der Waals surface area contributed by atoms with Gasteiger partial charge in [0.25, 0.3) is 0 Å². The molecule has 27 heavy (non-hydrogen) atoms. The first-order chi connectivity index (χ1) is 13.4. The van der Waals surface area contributed by atoms with Gasteiger partial charge in [-0.3, -0.25) is 4.99 Å². The van der Waals surface area contributed by atoms with Crippen LogP contribution in [-0.2, 0) is 6.54 Å². The van der Waals surface area contributed by atoms with Crippen molar-refractivity contribution in [3.8, 4) is 5.69 Å². The Morgan fingerprint density at radius 2 is 1.93 bits per heavy atom. The molecule has 1 aliphatic carbocycles. The fraction of sp³-hybridized carbons (Fsp3) is 0.318. The molecule has 1 aliphatic heterocycles. The number of nitrogens with one attached hydrogen (secondary N) is 1. The summed E-state index contributed by atoms with van der Waals surface area (Å²) in [6.45, 7) is 0.721. The van der Waals surface area contributed by atoms with Crippen LogP contribution in [0, 0.1) is 0 Å². The van der Waals surface area contributed by atoms with Crippen molar-refractivity contribution in [2.45, 2.75) is 44.7 Å². The van der Waals surface area contributed by atoms with Gasteiger partial charge in [0.05, 0.1) is 17.9 Å². The monoisotopic (exact) mass is 357 g/mol. The zero-order chi connectivity index (χ0) is 18.1. The second kappa shape index (κ2) is 6.99. The average Bonchev–Trinajstić information content (AvgIpc) is 3.40. The molecule has 1 N–H and O–H groups in total. The molecule has 1 aromatic carbocycles. The zero-order valence-electron chi connectivity index (χ0n) is 15.3. The lowest BCUT2D eigenvalue weighted by atomic mass is 9.94. The van der Waals surface area contributed by atoms with Gasteiger partial charge in [0.1, 0.15) is 5.82 Å². The van der Waals surface area contributed by atoms with E-state index in [1.165, 1.54) is 43.2 Å². The highest BCUT2D eigenvalue weighted by atomic mass is 15.3. The third-order valence-corrected chi connectivity index (χ3v) is 5.52. The fourth-order valence-electron chi connectivity index (χ4n) is 4.14. The maximum atomic E-state index is 4.86. The summed E-state index contributed by atoms with van der Waals surface area (Å²) >= 11 is 0. The fourth-order valence-corrected chi connectivity index (χ4v) is 4.14. The molecule has 5 heteroatoms. The summed E-state index contributed by atoms with van der Waals surface area (Å²) in [5.74, 6) is 0.986. The molecule has 0 saturated heterocycles. The van der Waals surface area contributed by atoms with Crippen molar-refractivity contribution in [3.05, 3.63) is 71.7 Å². The quantitative estimate of drug-likeness (QED) is 0.755. The van der Waals surface area contributed by atoms with Crippen LogP contribution in [0.4, 0.5) is 5.82 Å². The smallest absolute Gasteiger partial charge is 0.135 e. The number of fused-ring (bicyclic) bond motifs is 1. The molecule has 0 radical (unpaired) electrons. The van der Waals surface area contributed by atoms with Crippen LogP contribution < -0.4 is 5.32 Å². The molecule has 0 amide bonds. The van der Waals surface area contributed by atoms with Crippen LogP contribution in [0.3, 0.4) is 0 Å². The molecule has 0 atom stereocenters. The number of aliphatic imine (C=N–C) groups is 1. The molecule has 5 rings (SSSR count). The van der Waals surface area contributed by atoms with Gasteiger partial charge in [0.2, 0.25) is 0 Å². The molecule has 5 nitrogen and oxygen atoms in total. The lowest BCUT2D eigenvalue weighted by Crippen LogP contribution is -2.24. The van der Waals surface area contributed by atoms with E-state index < -0.39 is 0 Å². The van der Waals surface area contributed by atoms with Gasteiger partial charge >= 0.3 is 0 Å². The minimum Gasteiger partial charge on any atom is -0.367 e. The van der Waals surface area contributed by atoms with Crippen LogP contribution in [0.5, 0.6) is 0 Å². The van der Waals surface area contributed by atoms with E-state index in [2.05, 4.69) is 45.7 Å². The van der Waals surface area contributed by atoms with Crippen LogP contribution >= 0.6 is 0 Å².